The first-order valence-corrected chi connectivity index (χ1v) is 6.70. The van der Waals surface area contributed by atoms with Crippen LogP contribution >= 0.6 is 0 Å². The number of hydrogen-bond donors (Lipinski definition) is 2. The van der Waals surface area contributed by atoms with Crippen molar-refractivity contribution in [2.24, 2.45) is 0 Å². The molecule has 1 aliphatic rings. The largest absolute Gasteiger partial charge is 0.417 e. The van der Waals surface area contributed by atoms with Gasteiger partial charge in [0.2, 0.25) is 5.88 Å². The van der Waals surface area contributed by atoms with Crippen LogP contribution in [0.5, 0.6) is 5.88 Å². The van der Waals surface area contributed by atoms with Gasteiger partial charge in [0.25, 0.3) is 0 Å². The number of ether oxygens (including phenoxy) is 1. The average molecular weight is 339 g/mol. The standard InChI is InChI=1S/C13H14F5N3O2/c14-10(15)23-9-5-8(1-4-19-9)6-20-11(22)21-12(2-3-12)7-13(16,17)18/h1,4-5,10H,2-3,6-7H2,(H2,20,21,22). The summed E-state index contributed by atoms with van der Waals surface area (Å²) in [5.74, 6) is -0.310. The molecule has 0 atom stereocenters. The van der Waals surface area contributed by atoms with E-state index in [0.29, 0.717) is 5.56 Å². The first-order valence-electron chi connectivity index (χ1n) is 6.70. The molecule has 0 spiro atoms. The second kappa shape index (κ2) is 6.55. The van der Waals surface area contributed by atoms with Crippen LogP contribution in [0.1, 0.15) is 24.8 Å². The zero-order valence-electron chi connectivity index (χ0n) is 11.8. The van der Waals surface area contributed by atoms with Crippen LogP contribution < -0.4 is 15.4 Å². The zero-order chi connectivity index (χ0) is 17.1. The lowest BCUT2D eigenvalue weighted by atomic mass is 10.2. The number of nitrogens with one attached hydrogen (secondary N) is 2. The lowest BCUT2D eigenvalue weighted by Gasteiger charge is -2.19. The molecule has 1 aromatic rings. The van der Waals surface area contributed by atoms with Crippen LogP contribution in [0.3, 0.4) is 0 Å². The van der Waals surface area contributed by atoms with Gasteiger partial charge in [-0.3, -0.25) is 0 Å². The number of halogens is 5. The van der Waals surface area contributed by atoms with E-state index in [1.165, 1.54) is 18.3 Å². The molecule has 0 aromatic carbocycles. The predicted octanol–water partition coefficient (Wildman–Crippen LogP) is 2.97. The second-order valence-corrected chi connectivity index (χ2v) is 5.26. The third-order valence-corrected chi connectivity index (χ3v) is 3.23. The highest BCUT2D eigenvalue weighted by Crippen LogP contribution is 2.44. The third-order valence-electron chi connectivity index (χ3n) is 3.23. The van der Waals surface area contributed by atoms with Crippen LogP contribution in [0, 0.1) is 0 Å². The second-order valence-electron chi connectivity index (χ2n) is 5.26. The fraction of sp³-hybridized carbons (Fsp3) is 0.538. The van der Waals surface area contributed by atoms with Gasteiger partial charge in [-0.15, -0.1) is 0 Å². The minimum Gasteiger partial charge on any atom is -0.417 e. The molecule has 1 saturated carbocycles. The van der Waals surface area contributed by atoms with Crippen LogP contribution in [-0.2, 0) is 6.54 Å². The van der Waals surface area contributed by atoms with Gasteiger partial charge in [-0.1, -0.05) is 0 Å². The Morgan fingerprint density at radius 2 is 2.09 bits per heavy atom. The van der Waals surface area contributed by atoms with E-state index < -0.39 is 30.8 Å². The molecule has 1 fully saturated rings. The number of rotatable bonds is 6. The lowest BCUT2D eigenvalue weighted by molar-refractivity contribution is -0.141. The van der Waals surface area contributed by atoms with E-state index >= 15 is 0 Å². The molecule has 0 bridgehead atoms. The van der Waals surface area contributed by atoms with Crippen molar-refractivity contribution in [2.75, 3.05) is 0 Å². The topological polar surface area (TPSA) is 63.2 Å². The minimum atomic E-state index is -4.35. The molecule has 10 heteroatoms. The molecule has 5 nitrogen and oxygen atoms in total. The van der Waals surface area contributed by atoms with Crippen LogP contribution in [0.4, 0.5) is 26.7 Å². The van der Waals surface area contributed by atoms with Crippen LogP contribution in [0.2, 0.25) is 0 Å². The summed E-state index contributed by atoms with van der Waals surface area (Å²) in [5.41, 5.74) is -0.809. The quantitative estimate of drug-likeness (QED) is 0.783. The fourth-order valence-electron chi connectivity index (χ4n) is 2.06. The number of carbonyl (C=O) groups excluding carboxylic acids is 1. The molecule has 128 valence electrons. The Balaban J connectivity index is 1.83. The molecular formula is C13H14F5N3O2. The molecule has 0 radical (unpaired) electrons. The molecule has 0 aliphatic heterocycles. The Morgan fingerprint density at radius 1 is 1.39 bits per heavy atom. The Bertz CT molecular complexity index is 561. The van der Waals surface area contributed by atoms with E-state index in [2.05, 4.69) is 20.4 Å². The summed E-state index contributed by atoms with van der Waals surface area (Å²) in [5, 5.41) is 4.68. The summed E-state index contributed by atoms with van der Waals surface area (Å²) >= 11 is 0. The number of carbonyl (C=O) groups is 1. The summed E-state index contributed by atoms with van der Waals surface area (Å²) in [6, 6.07) is 1.91. The number of aromatic nitrogens is 1. The average Bonchev–Trinajstić information content (AvgIpc) is 3.13. The maximum atomic E-state index is 12.4. The molecular weight excluding hydrogens is 325 g/mol. The van der Waals surface area contributed by atoms with Crippen LogP contribution in [0.15, 0.2) is 18.3 Å². The Labute approximate surface area is 128 Å². The van der Waals surface area contributed by atoms with Gasteiger partial charge in [-0.25, -0.2) is 9.78 Å². The van der Waals surface area contributed by atoms with E-state index in [1.54, 1.807) is 0 Å². The summed E-state index contributed by atoms with van der Waals surface area (Å²) in [6.07, 6.45) is -3.67. The van der Waals surface area contributed by atoms with E-state index in [-0.39, 0.29) is 25.3 Å². The van der Waals surface area contributed by atoms with Gasteiger partial charge in [-0.2, -0.15) is 22.0 Å². The number of amides is 2. The lowest BCUT2D eigenvalue weighted by Crippen LogP contribution is -2.45. The summed E-state index contributed by atoms with van der Waals surface area (Å²) in [6.45, 7) is -3.08. The molecule has 1 heterocycles. The van der Waals surface area contributed by atoms with Crippen LogP contribution in [0.25, 0.3) is 0 Å². The molecule has 0 unspecified atom stereocenters. The molecule has 2 amide bonds. The van der Waals surface area contributed by atoms with Crippen molar-refractivity contribution in [3.05, 3.63) is 23.9 Å². The molecule has 1 aliphatic carbocycles. The first-order chi connectivity index (χ1) is 10.7. The van der Waals surface area contributed by atoms with Crippen molar-refractivity contribution in [3.63, 3.8) is 0 Å². The number of hydrogen-bond acceptors (Lipinski definition) is 3. The number of nitrogens with zero attached hydrogens (tertiary/aromatic N) is 1. The van der Waals surface area contributed by atoms with Crippen molar-refractivity contribution in [1.29, 1.82) is 0 Å². The minimum absolute atomic E-state index is 0.0595. The smallest absolute Gasteiger partial charge is 0.391 e. The third kappa shape index (κ3) is 5.87. The Morgan fingerprint density at radius 3 is 2.65 bits per heavy atom. The monoisotopic (exact) mass is 339 g/mol. The first kappa shape index (κ1) is 17.2. The Hall–Kier alpha value is -2.13. The molecule has 2 N–H and O–H groups in total. The number of alkyl halides is 5. The van der Waals surface area contributed by atoms with Gasteiger partial charge in [0.15, 0.2) is 0 Å². The van der Waals surface area contributed by atoms with Gasteiger partial charge >= 0.3 is 18.8 Å². The van der Waals surface area contributed by atoms with Gasteiger partial charge in [0.05, 0.1) is 12.0 Å². The molecule has 23 heavy (non-hydrogen) atoms. The maximum absolute atomic E-state index is 12.4. The van der Waals surface area contributed by atoms with Gasteiger partial charge < -0.3 is 15.4 Å². The van der Waals surface area contributed by atoms with Crippen molar-refractivity contribution in [2.45, 2.75) is 44.1 Å². The summed E-state index contributed by atoms with van der Waals surface area (Å²) < 4.78 is 65.4. The highest BCUT2D eigenvalue weighted by Gasteiger charge is 2.51. The van der Waals surface area contributed by atoms with Gasteiger partial charge in [0.1, 0.15) is 0 Å². The van der Waals surface area contributed by atoms with Crippen molar-refractivity contribution >= 4 is 6.03 Å². The summed E-state index contributed by atoms with van der Waals surface area (Å²) in [4.78, 5) is 15.2. The summed E-state index contributed by atoms with van der Waals surface area (Å²) in [7, 11) is 0. The van der Waals surface area contributed by atoms with Gasteiger partial charge in [-0.05, 0) is 24.5 Å². The predicted molar refractivity (Wildman–Crippen MR) is 68.9 cm³/mol. The highest BCUT2D eigenvalue weighted by atomic mass is 19.4. The maximum Gasteiger partial charge on any atom is 0.391 e. The van der Waals surface area contributed by atoms with Crippen molar-refractivity contribution in [1.82, 2.24) is 15.6 Å². The SMILES string of the molecule is O=C(NCc1ccnc(OC(F)F)c1)NC1(CC(F)(F)F)CC1. The number of pyridine rings is 1. The molecule has 1 aromatic heterocycles. The van der Waals surface area contributed by atoms with Crippen LogP contribution in [-0.4, -0.2) is 29.3 Å². The van der Waals surface area contributed by atoms with E-state index in [1.807, 2.05) is 0 Å². The molecule has 2 rings (SSSR count). The van der Waals surface area contributed by atoms with Crippen molar-refractivity contribution < 1.29 is 31.5 Å². The van der Waals surface area contributed by atoms with E-state index in [9.17, 15) is 26.7 Å². The highest BCUT2D eigenvalue weighted by molar-refractivity contribution is 5.75. The number of urea groups is 1. The fourth-order valence-corrected chi connectivity index (χ4v) is 2.06. The van der Waals surface area contributed by atoms with E-state index in [0.717, 1.165) is 0 Å². The van der Waals surface area contributed by atoms with Crippen molar-refractivity contribution in [3.8, 4) is 5.88 Å². The molecule has 0 saturated heterocycles. The Kier molecular flexibility index (Phi) is 4.90. The zero-order valence-corrected chi connectivity index (χ0v) is 11.8. The van der Waals surface area contributed by atoms with E-state index in [4.69, 9.17) is 0 Å². The normalized spacial score (nSPS) is 16.1. The van der Waals surface area contributed by atoms with Gasteiger partial charge in [0, 0.05) is 18.8 Å².